The number of rotatable bonds is 4. The van der Waals surface area contributed by atoms with Crippen molar-refractivity contribution in [1.29, 1.82) is 0 Å². The van der Waals surface area contributed by atoms with Crippen LogP contribution in [0.4, 0.5) is 0 Å². The molecule has 0 aliphatic carbocycles. The van der Waals surface area contributed by atoms with Gasteiger partial charge in [0, 0.05) is 37.1 Å². The second kappa shape index (κ2) is 5.70. The van der Waals surface area contributed by atoms with E-state index in [4.69, 9.17) is 21.3 Å². The zero-order chi connectivity index (χ0) is 14.1. The van der Waals surface area contributed by atoms with Crippen molar-refractivity contribution >= 4 is 22.8 Å². The first kappa shape index (κ1) is 13.8. The minimum Gasteiger partial charge on any atom is -0.381 e. The number of hydrogen-bond donors (Lipinski definition) is 0. The number of aromatic nitrogens is 3. The lowest BCUT2D eigenvalue weighted by Crippen LogP contribution is -2.19. The largest absolute Gasteiger partial charge is 0.381 e. The number of ether oxygens (including phenoxy) is 1. The van der Waals surface area contributed by atoms with Gasteiger partial charge in [-0.25, -0.2) is 9.97 Å². The Morgan fingerprint density at radius 1 is 1.55 bits per heavy atom. The average Bonchev–Trinajstić information content (AvgIpc) is 3.05. The van der Waals surface area contributed by atoms with Crippen molar-refractivity contribution in [1.82, 2.24) is 14.5 Å². The Kier molecular flexibility index (Phi) is 3.94. The van der Waals surface area contributed by atoms with Crippen LogP contribution in [-0.4, -0.2) is 33.6 Å². The summed E-state index contributed by atoms with van der Waals surface area (Å²) in [6.45, 7) is 5.96. The first-order valence-corrected chi connectivity index (χ1v) is 7.71. The van der Waals surface area contributed by atoms with Crippen LogP contribution in [0, 0.1) is 12.8 Å². The molecule has 20 heavy (non-hydrogen) atoms. The van der Waals surface area contributed by atoms with Crippen LogP contribution < -0.4 is 0 Å². The molecule has 2 aromatic rings. The highest BCUT2D eigenvalue weighted by molar-refractivity contribution is 6.17. The lowest BCUT2D eigenvalue weighted by Gasteiger charge is -2.21. The standard InChI is InChI=1S/C15H20ClN3O/c1-10-7-13-15(17-8-10)19(14(18-13)3-5-16)11(2)12-4-6-20-9-12/h7-8,11-12H,3-6,9H2,1-2H3. The first-order chi connectivity index (χ1) is 9.70. The van der Waals surface area contributed by atoms with Crippen molar-refractivity contribution < 1.29 is 4.74 Å². The first-order valence-electron chi connectivity index (χ1n) is 7.18. The molecule has 5 heteroatoms. The third-order valence-electron chi connectivity index (χ3n) is 4.11. The SMILES string of the molecule is Cc1cnc2c(c1)nc(CCCl)n2C(C)C1CCOC1. The van der Waals surface area contributed by atoms with Gasteiger partial charge in [-0.3, -0.25) is 0 Å². The molecule has 2 aromatic heterocycles. The van der Waals surface area contributed by atoms with Crippen LogP contribution in [0.2, 0.25) is 0 Å². The van der Waals surface area contributed by atoms with Gasteiger partial charge in [0.05, 0.1) is 6.61 Å². The van der Waals surface area contributed by atoms with E-state index in [1.54, 1.807) is 0 Å². The maximum absolute atomic E-state index is 5.93. The van der Waals surface area contributed by atoms with Crippen molar-refractivity contribution in [2.24, 2.45) is 5.92 Å². The summed E-state index contributed by atoms with van der Waals surface area (Å²) in [5.74, 6) is 2.15. The van der Waals surface area contributed by atoms with Crippen LogP contribution in [0.15, 0.2) is 12.3 Å². The Balaban J connectivity index is 2.07. The van der Waals surface area contributed by atoms with Crippen LogP contribution in [0.1, 0.15) is 30.8 Å². The number of aryl methyl sites for hydroxylation is 2. The molecule has 4 nitrogen and oxygen atoms in total. The van der Waals surface area contributed by atoms with Crippen molar-refractivity contribution in [3.63, 3.8) is 0 Å². The molecule has 0 aromatic carbocycles. The van der Waals surface area contributed by atoms with Crippen molar-refractivity contribution in [2.45, 2.75) is 32.7 Å². The number of alkyl halides is 1. The summed E-state index contributed by atoms with van der Waals surface area (Å²) >= 11 is 5.93. The van der Waals surface area contributed by atoms with Crippen LogP contribution >= 0.6 is 11.6 Å². The van der Waals surface area contributed by atoms with Crippen LogP contribution in [-0.2, 0) is 11.2 Å². The van der Waals surface area contributed by atoms with Crippen molar-refractivity contribution in [3.05, 3.63) is 23.7 Å². The van der Waals surface area contributed by atoms with Crippen LogP contribution in [0.5, 0.6) is 0 Å². The predicted molar refractivity (Wildman–Crippen MR) is 80.3 cm³/mol. The summed E-state index contributed by atoms with van der Waals surface area (Å²) in [5.41, 5.74) is 3.07. The molecule has 0 N–H and O–H groups in total. The normalized spacial score (nSPS) is 20.6. The summed E-state index contributed by atoms with van der Waals surface area (Å²) in [6.07, 6.45) is 3.78. The summed E-state index contributed by atoms with van der Waals surface area (Å²) in [4.78, 5) is 9.32. The van der Waals surface area contributed by atoms with E-state index in [0.29, 0.717) is 17.8 Å². The molecule has 0 radical (unpaired) electrons. The second-order valence-electron chi connectivity index (χ2n) is 5.56. The van der Waals surface area contributed by atoms with Crippen molar-refractivity contribution in [3.8, 4) is 0 Å². The van der Waals surface area contributed by atoms with Gasteiger partial charge in [0.15, 0.2) is 5.65 Å². The van der Waals surface area contributed by atoms with E-state index in [1.165, 1.54) is 0 Å². The van der Waals surface area contributed by atoms with Gasteiger partial charge in [0.1, 0.15) is 11.3 Å². The quantitative estimate of drug-likeness (QED) is 0.813. The average molecular weight is 294 g/mol. The van der Waals surface area contributed by atoms with Crippen LogP contribution in [0.25, 0.3) is 11.2 Å². The number of halogens is 1. The molecule has 1 fully saturated rings. The zero-order valence-corrected chi connectivity index (χ0v) is 12.7. The molecule has 1 aliphatic rings. The number of pyridine rings is 1. The van der Waals surface area contributed by atoms with Gasteiger partial charge < -0.3 is 9.30 Å². The minimum atomic E-state index is 0.343. The molecule has 3 heterocycles. The summed E-state index contributed by atoms with van der Waals surface area (Å²) in [7, 11) is 0. The van der Waals surface area contributed by atoms with Crippen molar-refractivity contribution in [2.75, 3.05) is 19.1 Å². The Morgan fingerprint density at radius 3 is 3.10 bits per heavy atom. The Bertz CT molecular complexity index is 604. The van der Waals surface area contributed by atoms with Gasteiger partial charge in [-0.05, 0) is 31.9 Å². The van der Waals surface area contributed by atoms with Gasteiger partial charge in [0.25, 0.3) is 0 Å². The third kappa shape index (κ3) is 2.42. The fourth-order valence-corrected chi connectivity index (χ4v) is 3.13. The molecular formula is C15H20ClN3O. The van der Waals surface area contributed by atoms with Gasteiger partial charge in [-0.15, -0.1) is 11.6 Å². The molecule has 0 spiro atoms. The molecule has 1 aliphatic heterocycles. The highest BCUT2D eigenvalue weighted by Gasteiger charge is 2.27. The Morgan fingerprint density at radius 2 is 2.40 bits per heavy atom. The highest BCUT2D eigenvalue weighted by atomic mass is 35.5. The summed E-state index contributed by atoms with van der Waals surface area (Å²) in [5, 5.41) is 0. The Hall–Kier alpha value is -1.13. The van der Waals surface area contributed by atoms with Gasteiger partial charge in [0.2, 0.25) is 0 Å². The number of imidazole rings is 1. The van der Waals surface area contributed by atoms with E-state index in [0.717, 1.165) is 48.6 Å². The summed E-state index contributed by atoms with van der Waals surface area (Å²) in [6, 6.07) is 2.44. The third-order valence-corrected chi connectivity index (χ3v) is 4.30. The lowest BCUT2D eigenvalue weighted by molar-refractivity contribution is 0.175. The maximum Gasteiger partial charge on any atom is 0.160 e. The van der Waals surface area contributed by atoms with E-state index in [-0.39, 0.29) is 0 Å². The summed E-state index contributed by atoms with van der Waals surface area (Å²) < 4.78 is 7.79. The molecule has 2 atom stereocenters. The molecule has 2 unspecified atom stereocenters. The molecule has 108 valence electrons. The second-order valence-corrected chi connectivity index (χ2v) is 5.93. The zero-order valence-electron chi connectivity index (χ0n) is 12.0. The molecule has 0 saturated carbocycles. The van der Waals surface area contributed by atoms with E-state index in [1.807, 2.05) is 13.1 Å². The predicted octanol–water partition coefficient (Wildman–Crippen LogP) is 3.12. The number of hydrogen-bond acceptors (Lipinski definition) is 3. The van der Waals surface area contributed by atoms with Crippen LogP contribution in [0.3, 0.4) is 0 Å². The molecule has 0 bridgehead atoms. The van der Waals surface area contributed by atoms with E-state index >= 15 is 0 Å². The highest BCUT2D eigenvalue weighted by Crippen LogP contribution is 2.30. The molecular weight excluding hydrogens is 274 g/mol. The lowest BCUT2D eigenvalue weighted by atomic mass is 10.0. The molecule has 1 saturated heterocycles. The van der Waals surface area contributed by atoms with E-state index in [9.17, 15) is 0 Å². The van der Waals surface area contributed by atoms with E-state index < -0.39 is 0 Å². The monoisotopic (exact) mass is 293 g/mol. The smallest absolute Gasteiger partial charge is 0.160 e. The fraction of sp³-hybridized carbons (Fsp3) is 0.600. The number of nitrogens with zero attached hydrogens (tertiary/aromatic N) is 3. The minimum absolute atomic E-state index is 0.343. The van der Waals surface area contributed by atoms with Gasteiger partial charge in [-0.1, -0.05) is 0 Å². The topological polar surface area (TPSA) is 39.9 Å². The molecule has 3 rings (SSSR count). The molecule has 0 amide bonds. The fourth-order valence-electron chi connectivity index (χ4n) is 2.96. The van der Waals surface area contributed by atoms with E-state index in [2.05, 4.69) is 22.5 Å². The van der Waals surface area contributed by atoms with Gasteiger partial charge in [-0.2, -0.15) is 0 Å². The Labute approximate surface area is 124 Å². The number of fused-ring (bicyclic) bond motifs is 1. The van der Waals surface area contributed by atoms with Gasteiger partial charge >= 0.3 is 0 Å². The maximum atomic E-state index is 5.93.